The number of halogens is 1. The molecule has 7 saturated carbocycles. The van der Waals surface area contributed by atoms with Crippen LogP contribution in [0, 0.1) is 10.8 Å². The van der Waals surface area contributed by atoms with E-state index in [9.17, 15) is 9.18 Å². The summed E-state index contributed by atoms with van der Waals surface area (Å²) >= 11 is 0. The number of nitrogens with zero attached hydrogens (tertiary/aromatic N) is 5. The van der Waals surface area contributed by atoms with Gasteiger partial charge in [-0.2, -0.15) is 4.98 Å². The van der Waals surface area contributed by atoms with Crippen molar-refractivity contribution in [3.8, 4) is 11.1 Å². The van der Waals surface area contributed by atoms with E-state index in [1.807, 2.05) is 23.4 Å². The summed E-state index contributed by atoms with van der Waals surface area (Å²) in [5.41, 5.74) is 1.78. The van der Waals surface area contributed by atoms with Gasteiger partial charge in [-0.1, -0.05) is 31.1 Å². The molecule has 7 aliphatic carbocycles. The van der Waals surface area contributed by atoms with Crippen LogP contribution in [0.1, 0.15) is 120 Å². The van der Waals surface area contributed by atoms with Crippen molar-refractivity contribution in [1.29, 1.82) is 0 Å². The van der Waals surface area contributed by atoms with Gasteiger partial charge in [-0.3, -0.25) is 4.79 Å². The maximum absolute atomic E-state index is 14.4. The first kappa shape index (κ1) is 26.5. The minimum absolute atomic E-state index is 0.0371. The number of hydrogen-bond acceptors (Lipinski definition) is 6. The van der Waals surface area contributed by atoms with Gasteiger partial charge in [0.05, 0.1) is 0 Å². The molecule has 1 amide bonds. The van der Waals surface area contributed by atoms with Crippen LogP contribution >= 0.6 is 0 Å². The van der Waals surface area contributed by atoms with Crippen molar-refractivity contribution in [2.75, 3.05) is 11.4 Å². The van der Waals surface area contributed by atoms with Crippen molar-refractivity contribution < 1.29 is 13.7 Å². The van der Waals surface area contributed by atoms with E-state index in [-0.39, 0.29) is 28.1 Å². The molecule has 0 unspecified atom stereocenters. The molecule has 7 nitrogen and oxygen atoms in total. The van der Waals surface area contributed by atoms with Gasteiger partial charge in [0.15, 0.2) is 5.82 Å². The molecule has 2 heterocycles. The van der Waals surface area contributed by atoms with E-state index >= 15 is 0 Å². The minimum Gasteiger partial charge on any atom is -0.339 e. The largest absolute Gasteiger partial charge is 0.339 e. The van der Waals surface area contributed by atoms with Crippen molar-refractivity contribution in [1.82, 2.24) is 20.1 Å². The molecule has 2 aromatic heterocycles. The van der Waals surface area contributed by atoms with Crippen LogP contribution in [0.15, 0.2) is 41.2 Å². The van der Waals surface area contributed by atoms with E-state index in [0.29, 0.717) is 38.1 Å². The second-order valence-electron chi connectivity index (χ2n) is 14.9. The van der Waals surface area contributed by atoms with E-state index in [0.717, 1.165) is 72.9 Å². The van der Waals surface area contributed by atoms with E-state index in [4.69, 9.17) is 9.51 Å². The van der Waals surface area contributed by atoms with Gasteiger partial charge in [0.1, 0.15) is 11.5 Å². The summed E-state index contributed by atoms with van der Waals surface area (Å²) in [5.74, 6) is 3.41. The standard InChI is InChI=1S/C34H40FN5O2/c1-22(2)28-38-30(42-39-28)33-11-8-31(9-12-33,10-13-33)21-40(27(41)15-32-18-34(35,19-32)20-32)26-5-3-4-24(14-26)25-16-36-29(37-17-25)23-6-7-23/h3-5,14,16-17,22-23H,6-13,15,18-21H2,1-2H3. The zero-order valence-corrected chi connectivity index (χ0v) is 24.7. The zero-order chi connectivity index (χ0) is 28.7. The first-order chi connectivity index (χ1) is 20.2. The third kappa shape index (κ3) is 4.39. The van der Waals surface area contributed by atoms with Crippen LogP contribution in [-0.4, -0.2) is 38.2 Å². The Balaban J connectivity index is 1.05. The predicted molar refractivity (Wildman–Crippen MR) is 157 cm³/mol. The first-order valence-corrected chi connectivity index (χ1v) is 15.9. The summed E-state index contributed by atoms with van der Waals surface area (Å²) in [7, 11) is 0. The van der Waals surface area contributed by atoms with Gasteiger partial charge in [0, 0.05) is 53.9 Å². The number of rotatable bonds is 9. The maximum atomic E-state index is 14.4. The Kier molecular flexibility index (Phi) is 5.78. The van der Waals surface area contributed by atoms with Crippen LogP contribution in [0.4, 0.5) is 10.1 Å². The second kappa shape index (κ2) is 9.17. The number of carbonyl (C=O) groups excluding carboxylic acids is 1. The molecule has 7 fully saturated rings. The number of anilines is 1. The van der Waals surface area contributed by atoms with Crippen molar-refractivity contribution in [2.24, 2.45) is 10.8 Å². The lowest BCUT2D eigenvalue weighted by molar-refractivity contribution is -0.215. The summed E-state index contributed by atoms with van der Waals surface area (Å²) < 4.78 is 20.2. The Morgan fingerprint density at radius 3 is 2.29 bits per heavy atom. The highest BCUT2D eigenvalue weighted by molar-refractivity contribution is 5.95. The number of fused-ring (bicyclic) bond motifs is 3. The molecule has 1 aromatic carbocycles. The molecule has 220 valence electrons. The lowest BCUT2D eigenvalue weighted by atomic mass is 9.41. The number of aromatic nitrogens is 4. The average Bonchev–Trinajstić information content (AvgIpc) is 3.70. The molecule has 0 saturated heterocycles. The Bertz CT molecular complexity index is 1480. The quantitative estimate of drug-likeness (QED) is 0.266. The van der Waals surface area contributed by atoms with Gasteiger partial charge in [-0.25, -0.2) is 14.4 Å². The van der Waals surface area contributed by atoms with Gasteiger partial charge in [0.25, 0.3) is 0 Å². The van der Waals surface area contributed by atoms with Gasteiger partial charge in [0.2, 0.25) is 11.8 Å². The summed E-state index contributed by atoms with van der Waals surface area (Å²) in [6, 6.07) is 8.27. The third-order valence-corrected chi connectivity index (χ3v) is 11.3. The molecule has 8 heteroatoms. The maximum Gasteiger partial charge on any atom is 0.232 e. The molecule has 0 radical (unpaired) electrons. The van der Waals surface area contributed by atoms with Crippen molar-refractivity contribution in [3.05, 3.63) is 54.2 Å². The highest BCUT2D eigenvalue weighted by Crippen LogP contribution is 2.71. The zero-order valence-electron chi connectivity index (χ0n) is 24.7. The molecular weight excluding hydrogens is 529 g/mol. The molecular formula is C34H40FN5O2. The lowest BCUT2D eigenvalue weighted by Crippen LogP contribution is -2.65. The van der Waals surface area contributed by atoms with Crippen LogP contribution in [0.5, 0.6) is 0 Å². The molecule has 7 aliphatic rings. The number of hydrogen-bond donors (Lipinski definition) is 0. The number of carbonyl (C=O) groups is 1. The van der Waals surface area contributed by atoms with Gasteiger partial charge < -0.3 is 9.42 Å². The normalized spacial score (nSPS) is 32.9. The molecule has 10 rings (SSSR count). The topological polar surface area (TPSA) is 85.0 Å². The van der Waals surface area contributed by atoms with Crippen LogP contribution in [0.2, 0.25) is 0 Å². The van der Waals surface area contributed by atoms with E-state index < -0.39 is 5.67 Å². The fourth-order valence-electron chi connectivity index (χ4n) is 8.52. The third-order valence-electron chi connectivity index (χ3n) is 11.3. The van der Waals surface area contributed by atoms with Gasteiger partial charge >= 0.3 is 0 Å². The molecule has 4 bridgehead atoms. The first-order valence-electron chi connectivity index (χ1n) is 15.9. The Morgan fingerprint density at radius 2 is 1.69 bits per heavy atom. The van der Waals surface area contributed by atoms with Crippen molar-refractivity contribution >= 4 is 11.6 Å². The van der Waals surface area contributed by atoms with Crippen LogP contribution < -0.4 is 4.90 Å². The Hall–Kier alpha value is -3.16. The van der Waals surface area contributed by atoms with Crippen LogP contribution in [0.3, 0.4) is 0 Å². The minimum atomic E-state index is -1.00. The smallest absolute Gasteiger partial charge is 0.232 e. The SMILES string of the molecule is CC(C)c1noc(C23CCC(CN(C(=O)CC45CC(F)(C4)C5)c4cccc(-c5cnc(C6CC6)nc5)c4)(CC2)CC3)n1. The van der Waals surface area contributed by atoms with E-state index in [2.05, 4.69) is 47.2 Å². The molecule has 0 spiro atoms. The fraction of sp³-hybridized carbons (Fsp3) is 0.618. The van der Waals surface area contributed by atoms with E-state index in [1.54, 1.807) is 0 Å². The fourth-order valence-corrected chi connectivity index (χ4v) is 8.52. The molecule has 42 heavy (non-hydrogen) atoms. The average molecular weight is 570 g/mol. The molecule has 0 atom stereocenters. The molecule has 3 aromatic rings. The van der Waals surface area contributed by atoms with Crippen LogP contribution in [0.25, 0.3) is 11.1 Å². The van der Waals surface area contributed by atoms with Crippen molar-refractivity contribution in [2.45, 2.75) is 114 Å². The number of alkyl halides is 1. The summed E-state index contributed by atoms with van der Waals surface area (Å²) in [6.45, 7) is 4.88. The van der Waals surface area contributed by atoms with Crippen LogP contribution in [-0.2, 0) is 10.2 Å². The predicted octanol–water partition coefficient (Wildman–Crippen LogP) is 7.43. The monoisotopic (exact) mass is 569 g/mol. The Morgan fingerprint density at radius 1 is 1.00 bits per heavy atom. The van der Waals surface area contributed by atoms with E-state index in [1.165, 1.54) is 12.8 Å². The second-order valence-corrected chi connectivity index (χ2v) is 14.9. The lowest BCUT2D eigenvalue weighted by Gasteiger charge is -2.66. The summed E-state index contributed by atoms with van der Waals surface area (Å²) in [6.07, 6.45) is 14.4. The molecule has 0 N–H and O–H groups in total. The molecule has 0 aliphatic heterocycles. The number of amides is 1. The highest BCUT2D eigenvalue weighted by Gasteiger charge is 2.69. The van der Waals surface area contributed by atoms with Crippen molar-refractivity contribution in [3.63, 3.8) is 0 Å². The van der Waals surface area contributed by atoms with Gasteiger partial charge in [-0.15, -0.1) is 0 Å². The van der Waals surface area contributed by atoms with Gasteiger partial charge in [-0.05, 0) is 99.2 Å². The Labute approximate surface area is 246 Å². The number of benzene rings is 1. The summed E-state index contributed by atoms with van der Waals surface area (Å²) in [5, 5.41) is 4.26. The highest BCUT2D eigenvalue weighted by atomic mass is 19.1. The summed E-state index contributed by atoms with van der Waals surface area (Å²) in [4.78, 5) is 30.2.